The maximum atomic E-state index is 13.5. The number of halogens is 3. The summed E-state index contributed by atoms with van der Waals surface area (Å²) >= 11 is 0. The molecule has 37 heavy (non-hydrogen) atoms. The number of aryl methyl sites for hydroxylation is 2. The lowest BCUT2D eigenvalue weighted by atomic mass is 10.0. The number of aromatic nitrogens is 2. The molecule has 1 heterocycles. The second-order valence-electron chi connectivity index (χ2n) is 9.18. The van der Waals surface area contributed by atoms with Gasteiger partial charge in [-0.15, -0.1) is 0 Å². The first-order valence-electron chi connectivity index (χ1n) is 11.5. The molecule has 0 atom stereocenters. The number of alkyl halides is 3. The highest BCUT2D eigenvalue weighted by Gasteiger charge is 2.31. The van der Waals surface area contributed by atoms with Crippen LogP contribution in [0, 0.1) is 13.8 Å². The first kappa shape index (κ1) is 27.8. The Bertz CT molecular complexity index is 1310. The van der Waals surface area contributed by atoms with Crippen LogP contribution in [-0.4, -0.2) is 41.2 Å². The summed E-state index contributed by atoms with van der Waals surface area (Å²) in [6.07, 6.45) is -0.976. The fraction of sp³-hybridized carbons (Fsp3) is 0.308. The third-order valence-electron chi connectivity index (χ3n) is 6.00. The third kappa shape index (κ3) is 6.89. The van der Waals surface area contributed by atoms with E-state index in [0.717, 1.165) is 29.0 Å². The van der Waals surface area contributed by atoms with Crippen LogP contribution in [0.1, 0.15) is 38.3 Å². The molecule has 0 aliphatic heterocycles. The molecule has 1 amide bonds. The van der Waals surface area contributed by atoms with Gasteiger partial charge in [-0.2, -0.15) is 18.3 Å². The first-order valence-corrected chi connectivity index (χ1v) is 11.5. The zero-order valence-electron chi connectivity index (χ0n) is 21.5. The second-order valence-corrected chi connectivity index (χ2v) is 9.18. The van der Waals surface area contributed by atoms with Crippen molar-refractivity contribution in [1.82, 2.24) is 14.7 Å². The van der Waals surface area contributed by atoms with Crippen molar-refractivity contribution < 1.29 is 18.0 Å². The van der Waals surface area contributed by atoms with Gasteiger partial charge in [0.2, 0.25) is 0 Å². The Morgan fingerprint density at radius 1 is 1.16 bits per heavy atom. The summed E-state index contributed by atoms with van der Waals surface area (Å²) < 4.78 is 42.1. The number of amides is 1. The van der Waals surface area contributed by atoms with Gasteiger partial charge in [-0.25, -0.2) is 5.84 Å². The number of hydrogen-bond donors (Lipinski definition) is 3. The van der Waals surface area contributed by atoms with Gasteiger partial charge < -0.3 is 16.0 Å². The Labute approximate surface area is 214 Å². The highest BCUT2D eigenvalue weighted by Crippen LogP contribution is 2.32. The predicted molar refractivity (Wildman–Crippen MR) is 140 cm³/mol. The van der Waals surface area contributed by atoms with Gasteiger partial charge >= 0.3 is 6.18 Å². The van der Waals surface area contributed by atoms with E-state index in [1.165, 1.54) is 11.2 Å². The molecule has 0 aliphatic carbocycles. The van der Waals surface area contributed by atoms with E-state index < -0.39 is 17.6 Å². The molecule has 0 radical (unpaired) electrons. The maximum absolute atomic E-state index is 13.5. The maximum Gasteiger partial charge on any atom is 0.416 e. The van der Waals surface area contributed by atoms with E-state index in [1.807, 2.05) is 32.8 Å². The molecule has 2 aromatic carbocycles. The van der Waals surface area contributed by atoms with E-state index in [9.17, 15) is 18.0 Å². The molecule has 11 heteroatoms. The van der Waals surface area contributed by atoms with Crippen molar-refractivity contribution in [3.63, 3.8) is 0 Å². The largest absolute Gasteiger partial charge is 0.416 e. The van der Waals surface area contributed by atoms with Crippen LogP contribution in [0.2, 0.25) is 0 Å². The van der Waals surface area contributed by atoms with Gasteiger partial charge in [0, 0.05) is 42.3 Å². The van der Waals surface area contributed by atoms with Crippen molar-refractivity contribution >= 4 is 23.0 Å². The molecule has 3 rings (SSSR count). The van der Waals surface area contributed by atoms with Gasteiger partial charge in [-0.1, -0.05) is 6.07 Å². The minimum atomic E-state index is -4.54. The van der Waals surface area contributed by atoms with Gasteiger partial charge in [0.05, 0.1) is 23.1 Å². The Kier molecular flexibility index (Phi) is 8.29. The van der Waals surface area contributed by atoms with Crippen molar-refractivity contribution in [2.45, 2.75) is 26.4 Å². The van der Waals surface area contributed by atoms with Gasteiger partial charge in [0.1, 0.15) is 0 Å². The zero-order valence-corrected chi connectivity index (χ0v) is 21.5. The van der Waals surface area contributed by atoms with Crippen LogP contribution in [0.5, 0.6) is 0 Å². The third-order valence-corrected chi connectivity index (χ3v) is 6.00. The molecule has 0 saturated heterocycles. The summed E-state index contributed by atoms with van der Waals surface area (Å²) in [5.74, 6) is 5.68. The molecule has 8 nitrogen and oxygen atoms in total. The number of carbonyl (C=O) groups is 1. The zero-order chi connectivity index (χ0) is 27.5. The Balaban J connectivity index is 1.87. The number of rotatable bonds is 8. The van der Waals surface area contributed by atoms with Crippen molar-refractivity contribution in [1.29, 1.82) is 0 Å². The van der Waals surface area contributed by atoms with E-state index in [1.54, 1.807) is 42.2 Å². The lowest BCUT2D eigenvalue weighted by molar-refractivity contribution is -0.137. The highest BCUT2D eigenvalue weighted by atomic mass is 19.4. The van der Waals surface area contributed by atoms with Crippen molar-refractivity contribution in [2.24, 2.45) is 18.6 Å². The molecule has 1 aromatic heterocycles. The summed E-state index contributed by atoms with van der Waals surface area (Å²) in [7, 11) is 5.48. The number of nitrogens with zero attached hydrogens (tertiary/aromatic N) is 4. The molecular formula is C26H32F3N7O. The molecule has 0 bridgehead atoms. The standard InChI is InChI=1S/C26H32F3N7O/c1-16-6-7-19(12-24(16)36(31)15-23(30)22-14-32-35(5)17(22)2)25(37)33-21-11-18(8-9-34(3)4)10-20(13-21)26(27,28)29/h6-7,10-15H,8-9,30-31H2,1-5H3,(H,33,37)/b23-15-. The van der Waals surface area contributed by atoms with E-state index in [0.29, 0.717) is 29.9 Å². The molecule has 5 N–H and O–H groups in total. The molecular weight excluding hydrogens is 483 g/mol. The van der Waals surface area contributed by atoms with Gasteiger partial charge in [-0.3, -0.25) is 14.5 Å². The Hall–Kier alpha value is -3.83. The number of nitrogens with two attached hydrogens (primary N) is 2. The number of benzene rings is 2. The normalized spacial score (nSPS) is 12.2. The lowest BCUT2D eigenvalue weighted by Crippen LogP contribution is -2.27. The summed E-state index contributed by atoms with van der Waals surface area (Å²) in [6, 6.07) is 8.45. The number of anilines is 2. The smallest absolute Gasteiger partial charge is 0.397 e. The first-order chi connectivity index (χ1) is 17.3. The SMILES string of the molecule is Cc1ccc(C(=O)Nc2cc(CCN(C)C)cc(C(F)(F)F)c2)cc1N(N)/C=C(\N)c1cnn(C)c1C. The molecule has 0 aliphatic rings. The minimum Gasteiger partial charge on any atom is -0.397 e. The number of nitrogens with one attached hydrogen (secondary N) is 1. The highest BCUT2D eigenvalue weighted by molar-refractivity contribution is 6.05. The van der Waals surface area contributed by atoms with E-state index in [-0.39, 0.29) is 11.3 Å². The van der Waals surface area contributed by atoms with E-state index in [2.05, 4.69) is 10.4 Å². The molecule has 0 saturated carbocycles. The monoisotopic (exact) mass is 515 g/mol. The summed E-state index contributed by atoms with van der Waals surface area (Å²) in [5, 5.41) is 8.07. The second kappa shape index (κ2) is 11.1. The van der Waals surface area contributed by atoms with Crippen LogP contribution < -0.4 is 21.9 Å². The van der Waals surface area contributed by atoms with Crippen LogP contribution >= 0.6 is 0 Å². The molecule has 0 unspecified atom stereocenters. The summed E-state index contributed by atoms with van der Waals surface area (Å²) in [6.45, 7) is 4.26. The van der Waals surface area contributed by atoms with Gasteiger partial charge in [-0.05, 0) is 75.8 Å². The van der Waals surface area contributed by atoms with Crippen LogP contribution in [0.25, 0.3) is 5.70 Å². The van der Waals surface area contributed by atoms with Crippen LogP contribution in [0.3, 0.4) is 0 Å². The summed E-state index contributed by atoms with van der Waals surface area (Å²) in [4.78, 5) is 14.9. The van der Waals surface area contributed by atoms with Crippen LogP contribution in [-0.2, 0) is 19.6 Å². The molecule has 3 aromatic rings. The van der Waals surface area contributed by atoms with Crippen molar-refractivity contribution in [3.05, 3.63) is 82.3 Å². The quantitative estimate of drug-likeness (QED) is 0.309. The number of carbonyl (C=O) groups excluding carboxylic acids is 1. The van der Waals surface area contributed by atoms with Crippen molar-refractivity contribution in [2.75, 3.05) is 31.0 Å². The Morgan fingerprint density at radius 3 is 2.46 bits per heavy atom. The fourth-order valence-electron chi connectivity index (χ4n) is 3.73. The van der Waals surface area contributed by atoms with E-state index >= 15 is 0 Å². The lowest BCUT2D eigenvalue weighted by Gasteiger charge is -2.19. The predicted octanol–water partition coefficient (Wildman–Crippen LogP) is 4.05. The van der Waals surface area contributed by atoms with Gasteiger partial charge in [0.25, 0.3) is 5.91 Å². The minimum absolute atomic E-state index is 0.0662. The average molecular weight is 516 g/mol. The van der Waals surface area contributed by atoms with Crippen molar-refractivity contribution in [3.8, 4) is 0 Å². The average Bonchev–Trinajstić information content (AvgIpc) is 3.15. The molecule has 198 valence electrons. The summed E-state index contributed by atoms with van der Waals surface area (Å²) in [5.41, 5.74) is 9.42. The fourth-order valence-corrected chi connectivity index (χ4v) is 3.73. The molecule has 0 spiro atoms. The number of hydrogen-bond acceptors (Lipinski definition) is 6. The Morgan fingerprint density at radius 2 is 1.86 bits per heavy atom. The van der Waals surface area contributed by atoms with Crippen LogP contribution in [0.4, 0.5) is 24.5 Å². The topological polar surface area (TPSA) is 105 Å². The molecule has 0 fully saturated rings. The number of likely N-dealkylation sites (N-methyl/N-ethyl adjacent to an activating group) is 1. The van der Waals surface area contributed by atoms with E-state index in [4.69, 9.17) is 11.6 Å². The van der Waals surface area contributed by atoms with Gasteiger partial charge in [0.15, 0.2) is 0 Å². The van der Waals surface area contributed by atoms with Crippen LogP contribution in [0.15, 0.2) is 48.8 Å². The number of hydrazine groups is 1.